The van der Waals surface area contributed by atoms with Gasteiger partial charge < -0.3 is 14.3 Å². The molecule has 1 aliphatic rings. The Labute approximate surface area is 211 Å². The van der Waals surface area contributed by atoms with E-state index in [2.05, 4.69) is 12.2 Å². The molecule has 0 bridgehead atoms. The zero-order valence-corrected chi connectivity index (χ0v) is 20.6. The molecule has 2 unspecified atom stereocenters. The average molecular weight is 493 g/mol. The van der Waals surface area contributed by atoms with E-state index >= 15 is 0 Å². The molecule has 182 valence electrons. The Morgan fingerprint density at radius 1 is 1.00 bits per heavy atom. The van der Waals surface area contributed by atoms with Gasteiger partial charge >= 0.3 is 0 Å². The van der Waals surface area contributed by atoms with Gasteiger partial charge in [0.2, 0.25) is 0 Å². The third kappa shape index (κ3) is 7.51. The highest BCUT2D eigenvalue weighted by Crippen LogP contribution is 2.31. The van der Waals surface area contributed by atoms with Crippen LogP contribution in [-0.2, 0) is 22.6 Å². The van der Waals surface area contributed by atoms with Crippen molar-refractivity contribution < 1.29 is 18.7 Å². The quantitative estimate of drug-likeness (QED) is 0.271. The summed E-state index contributed by atoms with van der Waals surface area (Å²) in [6, 6.07) is 20.3. The maximum Gasteiger partial charge on any atom is 0.129 e. The molecule has 0 fully saturated rings. The summed E-state index contributed by atoms with van der Waals surface area (Å²) in [6.45, 7) is 2.15. The van der Waals surface area contributed by atoms with Crippen molar-refractivity contribution in [3.05, 3.63) is 101 Å². The lowest BCUT2D eigenvalue weighted by molar-refractivity contribution is -0.117. The lowest BCUT2D eigenvalue weighted by atomic mass is 9.95. The minimum atomic E-state index is -0.275. The first-order valence-electron chi connectivity index (χ1n) is 12.1. The van der Waals surface area contributed by atoms with E-state index in [9.17, 15) is 9.18 Å². The van der Waals surface area contributed by atoms with Gasteiger partial charge in [0.15, 0.2) is 0 Å². The van der Waals surface area contributed by atoms with Crippen LogP contribution in [0.4, 0.5) is 4.39 Å². The zero-order chi connectivity index (χ0) is 24.6. The maximum absolute atomic E-state index is 13.9. The van der Waals surface area contributed by atoms with Crippen LogP contribution in [0.2, 0.25) is 5.02 Å². The third-order valence-corrected chi connectivity index (χ3v) is 6.38. The van der Waals surface area contributed by atoms with Crippen LogP contribution >= 0.6 is 11.6 Å². The van der Waals surface area contributed by atoms with Gasteiger partial charge in [-0.1, -0.05) is 48.0 Å². The Kier molecular flexibility index (Phi) is 8.73. The number of ketones is 1. The van der Waals surface area contributed by atoms with E-state index in [4.69, 9.17) is 21.1 Å². The third-order valence-electron chi connectivity index (χ3n) is 6.13. The highest BCUT2D eigenvalue weighted by atomic mass is 35.5. The molecule has 4 rings (SSSR count). The van der Waals surface area contributed by atoms with E-state index in [1.165, 1.54) is 12.1 Å². The Bertz CT molecular complexity index is 1170. The molecule has 3 aromatic rings. The number of hydrogen-bond acceptors (Lipinski definition) is 3. The highest BCUT2D eigenvalue weighted by Gasteiger charge is 2.18. The van der Waals surface area contributed by atoms with E-state index < -0.39 is 0 Å². The van der Waals surface area contributed by atoms with Crippen LogP contribution < -0.4 is 4.74 Å². The first-order valence-corrected chi connectivity index (χ1v) is 12.4. The number of hydrogen-bond donors (Lipinski definition) is 0. The molecule has 0 saturated heterocycles. The second-order valence-corrected chi connectivity index (χ2v) is 9.42. The Hall–Kier alpha value is -2.95. The van der Waals surface area contributed by atoms with Gasteiger partial charge in [0.05, 0.1) is 12.7 Å². The lowest BCUT2D eigenvalue weighted by Gasteiger charge is -2.24. The molecule has 3 aromatic carbocycles. The summed E-state index contributed by atoms with van der Waals surface area (Å²) in [4.78, 5) is 11.4. The molecule has 0 aliphatic heterocycles. The average Bonchev–Trinajstić information content (AvgIpc) is 2.85. The predicted molar refractivity (Wildman–Crippen MR) is 138 cm³/mol. The van der Waals surface area contributed by atoms with Crippen LogP contribution in [0.3, 0.4) is 0 Å². The van der Waals surface area contributed by atoms with Crippen LogP contribution in [0.15, 0.2) is 78.9 Å². The largest absolute Gasteiger partial charge is 0.486 e. The molecule has 0 amide bonds. The van der Waals surface area contributed by atoms with E-state index in [0.717, 1.165) is 58.7 Å². The molecule has 0 N–H and O–H groups in total. The fourth-order valence-electron chi connectivity index (χ4n) is 4.26. The summed E-state index contributed by atoms with van der Waals surface area (Å²) in [5.41, 5.74) is 3.92. The van der Waals surface area contributed by atoms with Gasteiger partial charge in [0.1, 0.15) is 23.5 Å². The molecular formula is C30H30ClFO3. The molecule has 0 aromatic heterocycles. The number of benzene rings is 3. The van der Waals surface area contributed by atoms with Crippen LogP contribution in [0.25, 0.3) is 11.1 Å². The minimum Gasteiger partial charge on any atom is -0.486 e. The first kappa shape index (κ1) is 25.2. The van der Waals surface area contributed by atoms with Crippen LogP contribution in [-0.4, -0.2) is 18.0 Å². The summed E-state index contributed by atoms with van der Waals surface area (Å²) < 4.78 is 26.2. The first-order chi connectivity index (χ1) is 17.0. The molecule has 1 aliphatic carbocycles. The number of carbonyl (C=O) groups is 1. The van der Waals surface area contributed by atoms with E-state index in [1.807, 2.05) is 48.5 Å². The number of aryl methyl sites for hydroxylation is 1. The van der Waals surface area contributed by atoms with Gasteiger partial charge in [-0.25, -0.2) is 4.39 Å². The number of rotatable bonds is 10. The van der Waals surface area contributed by atoms with Crippen LogP contribution in [0.5, 0.6) is 5.75 Å². The number of carbonyl (C=O) groups excluding carboxylic acids is 1. The Morgan fingerprint density at radius 3 is 2.49 bits per heavy atom. The summed E-state index contributed by atoms with van der Waals surface area (Å²) in [6.07, 6.45) is 7.89. The monoisotopic (exact) mass is 492 g/mol. The zero-order valence-electron chi connectivity index (χ0n) is 19.9. The van der Waals surface area contributed by atoms with Crippen LogP contribution in [0, 0.1) is 5.82 Å². The molecule has 0 spiro atoms. The SMILES string of the molecule is CC(=O)CCCc1ccc(OC2C=CC(OCc3ccc(Cl)cc3)CC2)cc1-c1cccc(F)c1. The molecule has 2 atom stereocenters. The van der Waals surface area contributed by atoms with Crippen molar-refractivity contribution >= 4 is 17.4 Å². The van der Waals surface area contributed by atoms with Gasteiger partial charge in [-0.05, 0) is 97.3 Å². The smallest absolute Gasteiger partial charge is 0.129 e. The predicted octanol–water partition coefficient (Wildman–Crippen LogP) is 7.74. The normalized spacial score (nSPS) is 17.3. The molecule has 0 heterocycles. The number of halogens is 2. The maximum atomic E-state index is 13.9. The van der Waals surface area contributed by atoms with Crippen molar-refractivity contribution in [3.8, 4) is 16.9 Å². The summed E-state index contributed by atoms with van der Waals surface area (Å²) in [5.74, 6) is 0.648. The standard InChI is InChI=1S/C30H30ClFO3/c1-21(33)4-2-5-23-10-13-29(19-30(23)24-6-3-7-26(32)18-24)35-28-16-14-27(15-17-28)34-20-22-8-11-25(31)12-9-22/h3,6-14,16,18-19,27-28H,2,4-5,15,17,20H2,1H3. The summed E-state index contributed by atoms with van der Waals surface area (Å²) >= 11 is 5.94. The van der Waals surface area contributed by atoms with E-state index in [1.54, 1.807) is 13.0 Å². The van der Waals surface area contributed by atoms with Crippen molar-refractivity contribution in [3.63, 3.8) is 0 Å². The topological polar surface area (TPSA) is 35.5 Å². The van der Waals surface area contributed by atoms with Crippen molar-refractivity contribution in [1.82, 2.24) is 0 Å². The lowest BCUT2D eigenvalue weighted by Crippen LogP contribution is -2.23. The molecule has 5 heteroatoms. The van der Waals surface area contributed by atoms with Crippen LogP contribution in [0.1, 0.15) is 43.7 Å². The molecule has 3 nitrogen and oxygen atoms in total. The van der Waals surface area contributed by atoms with Gasteiger partial charge in [0.25, 0.3) is 0 Å². The second kappa shape index (κ2) is 12.1. The van der Waals surface area contributed by atoms with Gasteiger partial charge in [-0.3, -0.25) is 0 Å². The molecule has 0 radical (unpaired) electrons. The molecular weight excluding hydrogens is 463 g/mol. The van der Waals surface area contributed by atoms with E-state index in [0.29, 0.717) is 13.0 Å². The van der Waals surface area contributed by atoms with Crippen molar-refractivity contribution in [2.45, 2.75) is 57.8 Å². The number of ether oxygens (including phenoxy) is 2. The fraction of sp³-hybridized carbons (Fsp3) is 0.300. The van der Waals surface area contributed by atoms with E-state index in [-0.39, 0.29) is 23.8 Å². The minimum absolute atomic E-state index is 0.0469. The Morgan fingerprint density at radius 2 is 1.77 bits per heavy atom. The van der Waals surface area contributed by atoms with Crippen molar-refractivity contribution in [2.75, 3.05) is 0 Å². The van der Waals surface area contributed by atoms with Gasteiger partial charge in [-0.15, -0.1) is 0 Å². The number of Topliss-reactive ketones (excluding diaryl/α,β-unsaturated/α-hetero) is 1. The van der Waals surface area contributed by atoms with Crippen molar-refractivity contribution in [1.29, 1.82) is 0 Å². The highest BCUT2D eigenvalue weighted by molar-refractivity contribution is 6.30. The molecule has 0 saturated carbocycles. The second-order valence-electron chi connectivity index (χ2n) is 8.98. The Balaban J connectivity index is 1.41. The van der Waals surface area contributed by atoms with Gasteiger partial charge in [-0.2, -0.15) is 0 Å². The van der Waals surface area contributed by atoms with Gasteiger partial charge in [0, 0.05) is 11.4 Å². The molecule has 35 heavy (non-hydrogen) atoms. The summed E-state index contributed by atoms with van der Waals surface area (Å²) in [5, 5.41) is 0.718. The fourth-order valence-corrected chi connectivity index (χ4v) is 4.39. The summed E-state index contributed by atoms with van der Waals surface area (Å²) in [7, 11) is 0. The van der Waals surface area contributed by atoms with Crippen molar-refractivity contribution in [2.24, 2.45) is 0 Å².